The van der Waals surface area contributed by atoms with E-state index < -0.39 is 6.10 Å². The van der Waals surface area contributed by atoms with Crippen LogP contribution in [-0.4, -0.2) is 23.7 Å². The van der Waals surface area contributed by atoms with Gasteiger partial charge in [0.25, 0.3) is 0 Å². The summed E-state index contributed by atoms with van der Waals surface area (Å²) >= 11 is 0. The molecule has 5 heteroatoms. The van der Waals surface area contributed by atoms with Crippen LogP contribution < -0.4 is 10.1 Å². The molecular formula is C18H20N2O3. The molecule has 23 heavy (non-hydrogen) atoms. The molecule has 120 valence electrons. The van der Waals surface area contributed by atoms with Gasteiger partial charge in [-0.05, 0) is 36.8 Å². The fourth-order valence-corrected chi connectivity index (χ4v) is 2.52. The van der Waals surface area contributed by atoms with Gasteiger partial charge in [0.15, 0.2) is 11.3 Å². The molecule has 3 aromatic rings. The molecule has 0 spiro atoms. The number of nitrogens with zero attached hydrogens (tertiary/aromatic N) is 1. The van der Waals surface area contributed by atoms with Gasteiger partial charge in [-0.3, -0.25) is 4.98 Å². The van der Waals surface area contributed by atoms with E-state index in [0.29, 0.717) is 6.54 Å². The molecule has 2 N–H and O–H groups in total. The molecule has 0 unspecified atom stereocenters. The van der Waals surface area contributed by atoms with Gasteiger partial charge in [-0.1, -0.05) is 12.1 Å². The lowest BCUT2D eigenvalue weighted by molar-refractivity contribution is 0.169. The number of hydrogen-bond acceptors (Lipinski definition) is 5. The van der Waals surface area contributed by atoms with Gasteiger partial charge in [0, 0.05) is 24.3 Å². The van der Waals surface area contributed by atoms with Crippen LogP contribution in [-0.2, 0) is 0 Å². The van der Waals surface area contributed by atoms with Crippen molar-refractivity contribution in [3.8, 4) is 5.75 Å². The number of aromatic nitrogens is 1. The fraction of sp³-hybridized carbons (Fsp3) is 0.278. The zero-order valence-electron chi connectivity index (χ0n) is 13.2. The number of nitrogens with one attached hydrogen (secondary N) is 1. The second kappa shape index (κ2) is 6.81. The van der Waals surface area contributed by atoms with E-state index >= 15 is 0 Å². The molecule has 0 fully saturated rings. The van der Waals surface area contributed by atoms with Crippen molar-refractivity contribution in [1.82, 2.24) is 10.3 Å². The van der Waals surface area contributed by atoms with Crippen molar-refractivity contribution in [1.29, 1.82) is 0 Å². The number of benzene rings is 1. The molecule has 3 rings (SSSR count). The Labute approximate surface area is 134 Å². The zero-order valence-corrected chi connectivity index (χ0v) is 13.2. The minimum absolute atomic E-state index is 0.0245. The van der Waals surface area contributed by atoms with Crippen molar-refractivity contribution < 1.29 is 14.3 Å². The van der Waals surface area contributed by atoms with E-state index in [1.54, 1.807) is 19.5 Å². The number of aliphatic hydroxyl groups excluding tert-OH is 1. The summed E-state index contributed by atoms with van der Waals surface area (Å²) in [6.45, 7) is 2.43. The van der Waals surface area contributed by atoms with Crippen LogP contribution in [0.4, 0.5) is 0 Å². The van der Waals surface area contributed by atoms with Gasteiger partial charge < -0.3 is 19.6 Å². The number of furan rings is 1. The number of methoxy groups -OCH3 is 1. The maximum absolute atomic E-state index is 10.2. The van der Waals surface area contributed by atoms with Crippen LogP contribution in [0.15, 0.2) is 53.2 Å². The van der Waals surface area contributed by atoms with E-state index in [0.717, 1.165) is 28.0 Å². The molecule has 0 bridgehead atoms. The van der Waals surface area contributed by atoms with Crippen molar-refractivity contribution in [2.45, 2.75) is 19.1 Å². The van der Waals surface area contributed by atoms with E-state index in [-0.39, 0.29) is 6.04 Å². The van der Waals surface area contributed by atoms with Crippen LogP contribution >= 0.6 is 0 Å². The average molecular weight is 312 g/mol. The molecule has 0 aliphatic heterocycles. The minimum Gasteiger partial charge on any atom is -0.493 e. The van der Waals surface area contributed by atoms with Crippen molar-refractivity contribution in [2.75, 3.05) is 13.7 Å². The van der Waals surface area contributed by atoms with Gasteiger partial charge in [-0.15, -0.1) is 0 Å². The third-order valence-corrected chi connectivity index (χ3v) is 3.88. The van der Waals surface area contributed by atoms with Crippen LogP contribution in [0.1, 0.15) is 30.4 Å². The SMILES string of the molecule is COc1cccc2cc([C@H](C)NC[C@@H](O)c3ccncc3)oc12. The van der Waals surface area contributed by atoms with Crippen LogP contribution in [0.5, 0.6) is 5.75 Å². The van der Waals surface area contributed by atoms with Gasteiger partial charge in [0.2, 0.25) is 0 Å². The van der Waals surface area contributed by atoms with Crippen LogP contribution in [0.25, 0.3) is 11.0 Å². The third kappa shape index (κ3) is 3.36. The second-order valence-corrected chi connectivity index (χ2v) is 5.45. The van der Waals surface area contributed by atoms with E-state index in [9.17, 15) is 5.11 Å². The first kappa shape index (κ1) is 15.5. The Morgan fingerprint density at radius 3 is 2.78 bits per heavy atom. The summed E-state index contributed by atoms with van der Waals surface area (Å²) in [5.41, 5.74) is 1.58. The lowest BCUT2D eigenvalue weighted by Crippen LogP contribution is -2.24. The predicted octanol–water partition coefficient (Wildman–Crippen LogP) is 3.22. The number of rotatable bonds is 6. The summed E-state index contributed by atoms with van der Waals surface area (Å²) in [5, 5.41) is 14.5. The molecular weight excluding hydrogens is 292 g/mol. The monoisotopic (exact) mass is 312 g/mol. The minimum atomic E-state index is -0.584. The molecule has 5 nitrogen and oxygen atoms in total. The maximum Gasteiger partial charge on any atom is 0.176 e. The van der Waals surface area contributed by atoms with E-state index in [1.807, 2.05) is 43.3 Å². The van der Waals surface area contributed by atoms with Crippen molar-refractivity contribution in [2.24, 2.45) is 0 Å². The summed E-state index contributed by atoms with van der Waals surface area (Å²) in [6, 6.07) is 11.4. The molecule has 0 saturated carbocycles. The van der Waals surface area contributed by atoms with Crippen molar-refractivity contribution in [3.05, 3.63) is 60.1 Å². The van der Waals surface area contributed by atoms with Crippen molar-refractivity contribution in [3.63, 3.8) is 0 Å². The molecule has 0 radical (unpaired) electrons. The third-order valence-electron chi connectivity index (χ3n) is 3.88. The summed E-state index contributed by atoms with van der Waals surface area (Å²) in [6.07, 6.45) is 2.76. The highest BCUT2D eigenvalue weighted by molar-refractivity contribution is 5.83. The largest absolute Gasteiger partial charge is 0.493 e. The van der Waals surface area contributed by atoms with Crippen LogP contribution in [0.3, 0.4) is 0 Å². The summed E-state index contributed by atoms with van der Waals surface area (Å²) in [5.74, 6) is 1.53. The highest BCUT2D eigenvalue weighted by Crippen LogP contribution is 2.30. The molecule has 0 amide bonds. The van der Waals surface area contributed by atoms with Crippen molar-refractivity contribution >= 4 is 11.0 Å². The number of para-hydroxylation sites is 1. The Balaban J connectivity index is 1.70. The summed E-state index contributed by atoms with van der Waals surface area (Å²) in [7, 11) is 1.63. The number of ether oxygens (including phenoxy) is 1. The first-order chi connectivity index (χ1) is 11.2. The molecule has 2 aromatic heterocycles. The standard InChI is InChI=1S/C18H20N2O3/c1-12(20-11-15(21)13-6-8-19-9-7-13)17-10-14-4-3-5-16(22-2)18(14)23-17/h3-10,12,15,20-21H,11H2,1-2H3/t12-,15+/m0/s1. The summed E-state index contributed by atoms with van der Waals surface area (Å²) < 4.78 is 11.2. The second-order valence-electron chi connectivity index (χ2n) is 5.45. The number of aliphatic hydroxyl groups is 1. The first-order valence-corrected chi connectivity index (χ1v) is 7.57. The smallest absolute Gasteiger partial charge is 0.176 e. The first-order valence-electron chi connectivity index (χ1n) is 7.57. The molecule has 0 aliphatic carbocycles. The van der Waals surface area contributed by atoms with E-state index in [1.165, 1.54) is 0 Å². The molecule has 0 saturated heterocycles. The Hall–Kier alpha value is -2.37. The number of fused-ring (bicyclic) bond motifs is 1. The Morgan fingerprint density at radius 2 is 2.04 bits per heavy atom. The van der Waals surface area contributed by atoms with Crippen LogP contribution in [0, 0.1) is 0 Å². The molecule has 2 heterocycles. The number of pyridine rings is 1. The van der Waals surface area contributed by atoms with Crippen LogP contribution in [0.2, 0.25) is 0 Å². The predicted molar refractivity (Wildman–Crippen MR) is 88.4 cm³/mol. The zero-order chi connectivity index (χ0) is 16.2. The molecule has 1 aromatic carbocycles. The topological polar surface area (TPSA) is 67.5 Å². The van der Waals surface area contributed by atoms with Gasteiger partial charge in [0.05, 0.1) is 19.3 Å². The number of hydrogen-bond donors (Lipinski definition) is 2. The highest BCUT2D eigenvalue weighted by Gasteiger charge is 2.15. The van der Waals surface area contributed by atoms with Gasteiger partial charge >= 0.3 is 0 Å². The average Bonchev–Trinajstić information content (AvgIpc) is 3.04. The van der Waals surface area contributed by atoms with E-state index in [4.69, 9.17) is 9.15 Å². The normalized spacial score (nSPS) is 13.9. The van der Waals surface area contributed by atoms with Gasteiger partial charge in [0.1, 0.15) is 5.76 Å². The lowest BCUT2D eigenvalue weighted by atomic mass is 10.1. The fourth-order valence-electron chi connectivity index (χ4n) is 2.52. The lowest BCUT2D eigenvalue weighted by Gasteiger charge is -2.15. The molecule has 2 atom stereocenters. The summed E-state index contributed by atoms with van der Waals surface area (Å²) in [4.78, 5) is 3.95. The Kier molecular flexibility index (Phi) is 4.60. The quantitative estimate of drug-likeness (QED) is 0.731. The Morgan fingerprint density at radius 1 is 1.26 bits per heavy atom. The Bertz CT molecular complexity index is 770. The highest BCUT2D eigenvalue weighted by atomic mass is 16.5. The maximum atomic E-state index is 10.2. The molecule has 0 aliphatic rings. The van der Waals surface area contributed by atoms with Gasteiger partial charge in [-0.25, -0.2) is 0 Å². The van der Waals surface area contributed by atoms with Gasteiger partial charge in [-0.2, -0.15) is 0 Å². The van der Waals surface area contributed by atoms with E-state index in [2.05, 4.69) is 10.3 Å².